The standard InChI is InChI=1S/C15H23F2N5O/c1-2-10-8-22(6-5-21(10)9-13(16)17)15(23)14-11-7-18-4-3-12(11)19-20-14/h10,13,18H,2-9H2,1H3,(H,19,20). The van der Waals surface area contributed by atoms with E-state index in [0.29, 0.717) is 31.9 Å². The Bertz CT molecular complexity index is 562. The smallest absolute Gasteiger partial charge is 0.274 e. The predicted molar refractivity (Wildman–Crippen MR) is 81.6 cm³/mol. The summed E-state index contributed by atoms with van der Waals surface area (Å²) >= 11 is 0. The van der Waals surface area contributed by atoms with Gasteiger partial charge >= 0.3 is 0 Å². The number of nitrogens with zero attached hydrogens (tertiary/aromatic N) is 3. The lowest BCUT2D eigenvalue weighted by Crippen LogP contribution is -2.55. The molecule has 8 heteroatoms. The monoisotopic (exact) mass is 327 g/mol. The molecule has 0 aliphatic carbocycles. The zero-order valence-electron chi connectivity index (χ0n) is 13.3. The van der Waals surface area contributed by atoms with E-state index in [-0.39, 0.29) is 18.5 Å². The molecule has 6 nitrogen and oxygen atoms in total. The number of carbonyl (C=O) groups is 1. The normalized spacial score (nSPS) is 22.4. The van der Waals surface area contributed by atoms with Crippen molar-refractivity contribution in [3.8, 4) is 0 Å². The maximum absolute atomic E-state index is 12.8. The molecule has 1 aromatic heterocycles. The molecule has 1 saturated heterocycles. The number of aromatic nitrogens is 2. The quantitative estimate of drug-likeness (QED) is 0.861. The third-order valence-corrected chi connectivity index (χ3v) is 4.74. The van der Waals surface area contributed by atoms with Crippen molar-refractivity contribution in [3.05, 3.63) is 17.0 Å². The van der Waals surface area contributed by atoms with Crippen molar-refractivity contribution in [1.29, 1.82) is 0 Å². The van der Waals surface area contributed by atoms with Crippen molar-refractivity contribution in [2.24, 2.45) is 0 Å². The number of hydrogen-bond donors (Lipinski definition) is 2. The van der Waals surface area contributed by atoms with Gasteiger partial charge in [-0.3, -0.25) is 14.8 Å². The molecule has 3 heterocycles. The Morgan fingerprint density at radius 1 is 1.43 bits per heavy atom. The van der Waals surface area contributed by atoms with Crippen LogP contribution in [0.5, 0.6) is 0 Å². The molecule has 0 saturated carbocycles. The Morgan fingerprint density at radius 2 is 2.26 bits per heavy atom. The Balaban J connectivity index is 1.70. The first-order valence-electron chi connectivity index (χ1n) is 8.18. The van der Waals surface area contributed by atoms with Crippen LogP contribution in [0, 0.1) is 0 Å². The summed E-state index contributed by atoms with van der Waals surface area (Å²) in [6.45, 7) is 4.72. The van der Waals surface area contributed by atoms with Gasteiger partial charge in [0.25, 0.3) is 12.3 Å². The number of H-pyrrole nitrogens is 1. The average molecular weight is 327 g/mol. The molecule has 2 N–H and O–H groups in total. The fourth-order valence-corrected chi connectivity index (χ4v) is 3.43. The summed E-state index contributed by atoms with van der Waals surface area (Å²) in [5.41, 5.74) is 2.45. The van der Waals surface area contributed by atoms with Crippen LogP contribution in [-0.2, 0) is 13.0 Å². The SMILES string of the molecule is CCC1CN(C(=O)c2n[nH]c3c2CNCC3)CCN1CC(F)F. The Hall–Kier alpha value is -1.54. The van der Waals surface area contributed by atoms with Crippen molar-refractivity contribution in [3.63, 3.8) is 0 Å². The second-order valence-corrected chi connectivity index (χ2v) is 6.16. The van der Waals surface area contributed by atoms with E-state index in [4.69, 9.17) is 0 Å². The van der Waals surface area contributed by atoms with E-state index in [2.05, 4.69) is 15.5 Å². The molecule has 2 aliphatic rings. The molecule has 1 aromatic rings. The number of amides is 1. The summed E-state index contributed by atoms with van der Waals surface area (Å²) in [6, 6.07) is -0.0189. The number of aromatic amines is 1. The summed E-state index contributed by atoms with van der Waals surface area (Å²) in [7, 11) is 0. The summed E-state index contributed by atoms with van der Waals surface area (Å²) < 4.78 is 25.3. The highest BCUT2D eigenvalue weighted by Gasteiger charge is 2.32. The molecule has 23 heavy (non-hydrogen) atoms. The lowest BCUT2D eigenvalue weighted by atomic mass is 10.0. The van der Waals surface area contributed by atoms with E-state index in [9.17, 15) is 13.6 Å². The highest BCUT2D eigenvalue weighted by atomic mass is 19.3. The van der Waals surface area contributed by atoms with Gasteiger partial charge in [0.1, 0.15) is 0 Å². The number of nitrogens with one attached hydrogen (secondary N) is 2. The number of halogens is 2. The van der Waals surface area contributed by atoms with Crippen LogP contribution in [0.3, 0.4) is 0 Å². The van der Waals surface area contributed by atoms with Crippen LogP contribution in [0.2, 0.25) is 0 Å². The van der Waals surface area contributed by atoms with Gasteiger partial charge in [0.2, 0.25) is 0 Å². The number of rotatable bonds is 4. The van der Waals surface area contributed by atoms with Gasteiger partial charge in [0.05, 0.1) is 6.54 Å². The molecule has 3 rings (SSSR count). The number of piperazine rings is 1. The van der Waals surface area contributed by atoms with Gasteiger partial charge in [-0.15, -0.1) is 0 Å². The van der Waals surface area contributed by atoms with Crippen LogP contribution < -0.4 is 5.32 Å². The maximum atomic E-state index is 12.8. The molecule has 0 spiro atoms. The number of fused-ring (bicyclic) bond motifs is 1. The van der Waals surface area contributed by atoms with Crippen LogP contribution in [-0.4, -0.2) is 71.1 Å². The minimum Gasteiger partial charge on any atom is -0.334 e. The minimum absolute atomic E-state index is 0.0189. The fourth-order valence-electron chi connectivity index (χ4n) is 3.43. The van der Waals surface area contributed by atoms with Crippen molar-refractivity contribution in [1.82, 2.24) is 25.3 Å². The van der Waals surface area contributed by atoms with Crippen molar-refractivity contribution >= 4 is 5.91 Å². The van der Waals surface area contributed by atoms with E-state index < -0.39 is 6.43 Å². The van der Waals surface area contributed by atoms with E-state index >= 15 is 0 Å². The molecule has 0 radical (unpaired) electrons. The van der Waals surface area contributed by atoms with Gasteiger partial charge in [-0.05, 0) is 6.42 Å². The van der Waals surface area contributed by atoms with Crippen LogP contribution in [0.1, 0.15) is 35.1 Å². The third kappa shape index (κ3) is 3.37. The van der Waals surface area contributed by atoms with Gasteiger partial charge in [-0.1, -0.05) is 6.92 Å². The molecule has 0 aromatic carbocycles. The highest BCUT2D eigenvalue weighted by Crippen LogP contribution is 2.20. The zero-order chi connectivity index (χ0) is 16.4. The molecular formula is C15H23F2N5O. The van der Waals surface area contributed by atoms with Crippen LogP contribution in [0.4, 0.5) is 8.78 Å². The van der Waals surface area contributed by atoms with Crippen LogP contribution >= 0.6 is 0 Å². The van der Waals surface area contributed by atoms with Gasteiger partial charge in [0.15, 0.2) is 5.69 Å². The maximum Gasteiger partial charge on any atom is 0.274 e. The van der Waals surface area contributed by atoms with Gasteiger partial charge < -0.3 is 10.2 Å². The van der Waals surface area contributed by atoms with E-state index in [1.54, 1.807) is 9.80 Å². The van der Waals surface area contributed by atoms with Crippen LogP contribution in [0.25, 0.3) is 0 Å². The summed E-state index contributed by atoms with van der Waals surface area (Å²) in [5.74, 6) is -0.0960. The average Bonchev–Trinajstić information content (AvgIpc) is 2.98. The molecule has 1 atom stereocenters. The molecular weight excluding hydrogens is 304 g/mol. The van der Waals surface area contributed by atoms with Gasteiger partial charge in [-0.25, -0.2) is 8.78 Å². The molecule has 1 unspecified atom stereocenters. The summed E-state index contributed by atoms with van der Waals surface area (Å²) in [6.07, 6.45) is -0.748. The highest BCUT2D eigenvalue weighted by molar-refractivity contribution is 5.94. The molecule has 2 aliphatic heterocycles. The van der Waals surface area contributed by atoms with E-state index in [1.165, 1.54) is 0 Å². The van der Waals surface area contributed by atoms with Crippen molar-refractivity contribution in [2.45, 2.75) is 38.8 Å². The second-order valence-electron chi connectivity index (χ2n) is 6.16. The minimum atomic E-state index is -2.34. The molecule has 0 bridgehead atoms. The Kier molecular flexibility index (Phi) is 4.91. The third-order valence-electron chi connectivity index (χ3n) is 4.74. The Labute approximate surface area is 134 Å². The van der Waals surface area contributed by atoms with Crippen LogP contribution in [0.15, 0.2) is 0 Å². The largest absolute Gasteiger partial charge is 0.334 e. The van der Waals surface area contributed by atoms with Gasteiger partial charge in [-0.2, -0.15) is 5.10 Å². The predicted octanol–water partition coefficient (Wildman–Crippen LogP) is 0.857. The number of alkyl halides is 2. The zero-order valence-corrected chi connectivity index (χ0v) is 13.3. The second kappa shape index (κ2) is 6.92. The molecule has 1 fully saturated rings. The fraction of sp³-hybridized carbons (Fsp3) is 0.733. The lowest BCUT2D eigenvalue weighted by Gasteiger charge is -2.40. The first-order chi connectivity index (χ1) is 11.1. The molecule has 128 valence electrons. The lowest BCUT2D eigenvalue weighted by molar-refractivity contribution is 0.0183. The summed E-state index contributed by atoms with van der Waals surface area (Å²) in [5, 5.41) is 10.4. The Morgan fingerprint density at radius 3 is 3.00 bits per heavy atom. The van der Waals surface area contributed by atoms with E-state index in [0.717, 1.165) is 30.6 Å². The summed E-state index contributed by atoms with van der Waals surface area (Å²) in [4.78, 5) is 16.3. The van der Waals surface area contributed by atoms with Gasteiger partial charge in [0, 0.05) is 56.4 Å². The topological polar surface area (TPSA) is 64.3 Å². The van der Waals surface area contributed by atoms with Crippen molar-refractivity contribution in [2.75, 3.05) is 32.7 Å². The first kappa shape index (κ1) is 16.3. The molecule has 1 amide bonds. The number of hydrogen-bond acceptors (Lipinski definition) is 4. The number of carbonyl (C=O) groups excluding carboxylic acids is 1. The first-order valence-corrected chi connectivity index (χ1v) is 8.18. The van der Waals surface area contributed by atoms with E-state index in [1.807, 2.05) is 6.92 Å². The van der Waals surface area contributed by atoms with Crippen molar-refractivity contribution < 1.29 is 13.6 Å².